The maximum Gasteiger partial charge on any atom is 0.0972 e. The second kappa shape index (κ2) is 6.88. The fraction of sp³-hybridized carbons (Fsp3) is 0.357. The quantitative estimate of drug-likeness (QED) is 0.819. The third-order valence-corrected chi connectivity index (χ3v) is 3.84. The Labute approximate surface area is 117 Å². The van der Waals surface area contributed by atoms with Crippen molar-refractivity contribution in [2.24, 2.45) is 0 Å². The molecule has 0 fully saturated rings. The molecule has 18 heavy (non-hydrogen) atoms. The van der Waals surface area contributed by atoms with Crippen molar-refractivity contribution in [1.29, 1.82) is 0 Å². The minimum atomic E-state index is 0.790. The van der Waals surface area contributed by atoms with Crippen LogP contribution in [0.15, 0.2) is 29.6 Å². The molecule has 96 valence electrons. The maximum absolute atomic E-state index is 5.98. The Hall–Kier alpha value is -0.900. The van der Waals surface area contributed by atoms with Crippen LogP contribution < -0.4 is 5.32 Å². The van der Waals surface area contributed by atoms with Crippen molar-refractivity contribution in [3.8, 4) is 0 Å². The predicted molar refractivity (Wildman–Crippen MR) is 78.6 cm³/mol. The third-order valence-electron chi connectivity index (χ3n) is 2.70. The van der Waals surface area contributed by atoms with Gasteiger partial charge in [0.25, 0.3) is 0 Å². The van der Waals surface area contributed by atoms with Crippen LogP contribution in [-0.4, -0.2) is 18.6 Å². The molecule has 4 heteroatoms. The molecule has 2 rings (SSSR count). The largest absolute Gasteiger partial charge is 0.320 e. The van der Waals surface area contributed by atoms with Gasteiger partial charge in [0, 0.05) is 16.8 Å². The number of aryl methyl sites for hydroxylation is 1. The fourth-order valence-electron chi connectivity index (χ4n) is 1.81. The van der Waals surface area contributed by atoms with Gasteiger partial charge >= 0.3 is 0 Å². The lowest BCUT2D eigenvalue weighted by atomic mass is 10.2. The molecule has 0 aliphatic carbocycles. The van der Waals surface area contributed by atoms with Crippen LogP contribution in [0, 0.1) is 0 Å². The minimum Gasteiger partial charge on any atom is -0.320 e. The molecule has 0 saturated carbocycles. The van der Waals surface area contributed by atoms with E-state index >= 15 is 0 Å². The molecule has 0 aliphatic heterocycles. The van der Waals surface area contributed by atoms with Crippen molar-refractivity contribution >= 4 is 22.9 Å². The lowest BCUT2D eigenvalue weighted by Crippen LogP contribution is -2.08. The van der Waals surface area contributed by atoms with Crippen LogP contribution in [0.3, 0.4) is 0 Å². The monoisotopic (exact) mass is 280 g/mol. The van der Waals surface area contributed by atoms with Crippen molar-refractivity contribution in [3.63, 3.8) is 0 Å². The Kier molecular flexibility index (Phi) is 5.17. The molecule has 0 saturated heterocycles. The summed E-state index contributed by atoms with van der Waals surface area (Å²) in [6.07, 6.45) is 3.06. The minimum absolute atomic E-state index is 0.790. The number of nitrogens with one attached hydrogen (secondary N) is 1. The van der Waals surface area contributed by atoms with E-state index in [0.717, 1.165) is 35.8 Å². The van der Waals surface area contributed by atoms with Gasteiger partial charge in [-0.15, -0.1) is 11.3 Å². The molecule has 0 bridgehead atoms. The zero-order chi connectivity index (χ0) is 12.8. The van der Waals surface area contributed by atoms with Crippen LogP contribution in [0.25, 0.3) is 0 Å². The molecule has 1 heterocycles. The molecule has 0 radical (unpaired) electrons. The molecule has 0 atom stereocenters. The van der Waals surface area contributed by atoms with E-state index in [4.69, 9.17) is 11.6 Å². The number of halogens is 1. The number of aromatic nitrogens is 1. The molecular weight excluding hydrogens is 264 g/mol. The van der Waals surface area contributed by atoms with Gasteiger partial charge in [-0.25, -0.2) is 4.98 Å². The first kappa shape index (κ1) is 13.5. The highest BCUT2D eigenvalue weighted by Crippen LogP contribution is 2.18. The fourth-order valence-corrected chi connectivity index (χ4v) is 2.89. The summed E-state index contributed by atoms with van der Waals surface area (Å²) >= 11 is 7.71. The molecule has 1 N–H and O–H groups in total. The smallest absolute Gasteiger partial charge is 0.0972 e. The van der Waals surface area contributed by atoms with Gasteiger partial charge in [0.15, 0.2) is 0 Å². The zero-order valence-electron chi connectivity index (χ0n) is 10.4. The SMILES string of the molecule is CNCCCc1csc(Cc2cccc(Cl)c2)n1. The van der Waals surface area contributed by atoms with Gasteiger partial charge in [0.2, 0.25) is 0 Å². The van der Waals surface area contributed by atoms with Crippen LogP contribution in [0.4, 0.5) is 0 Å². The van der Waals surface area contributed by atoms with E-state index in [2.05, 4.69) is 21.7 Å². The van der Waals surface area contributed by atoms with Gasteiger partial charge in [0.1, 0.15) is 0 Å². The molecule has 0 spiro atoms. The Balaban J connectivity index is 1.94. The Morgan fingerprint density at radius 3 is 3.06 bits per heavy atom. The predicted octanol–water partition coefficient (Wildman–Crippen LogP) is 3.54. The Morgan fingerprint density at radius 1 is 1.39 bits per heavy atom. The van der Waals surface area contributed by atoms with Crippen LogP contribution in [0.5, 0.6) is 0 Å². The normalized spacial score (nSPS) is 10.8. The summed E-state index contributed by atoms with van der Waals surface area (Å²) in [6, 6.07) is 7.98. The molecule has 1 aromatic carbocycles. The van der Waals surface area contributed by atoms with E-state index in [1.807, 2.05) is 25.2 Å². The van der Waals surface area contributed by atoms with Gasteiger partial charge in [0.05, 0.1) is 10.7 Å². The van der Waals surface area contributed by atoms with Crippen molar-refractivity contribution in [2.45, 2.75) is 19.3 Å². The number of hydrogen-bond acceptors (Lipinski definition) is 3. The summed E-state index contributed by atoms with van der Waals surface area (Å²) in [5.41, 5.74) is 2.42. The molecule has 2 aromatic rings. The first-order chi connectivity index (χ1) is 8.78. The third kappa shape index (κ3) is 4.09. The second-order valence-corrected chi connectivity index (χ2v) is 5.63. The van der Waals surface area contributed by atoms with Crippen LogP contribution in [0.2, 0.25) is 5.02 Å². The van der Waals surface area contributed by atoms with E-state index in [1.54, 1.807) is 11.3 Å². The van der Waals surface area contributed by atoms with Crippen molar-refractivity contribution in [3.05, 3.63) is 50.9 Å². The molecule has 0 amide bonds. The van der Waals surface area contributed by atoms with E-state index in [9.17, 15) is 0 Å². The Morgan fingerprint density at radius 2 is 2.28 bits per heavy atom. The standard InChI is InChI=1S/C14H17ClN2S/c1-16-7-3-6-13-10-18-14(17-13)9-11-4-2-5-12(15)8-11/h2,4-5,8,10,16H,3,6-7,9H2,1H3. The molecule has 2 nitrogen and oxygen atoms in total. The number of thiazole rings is 1. The number of nitrogens with zero attached hydrogens (tertiary/aromatic N) is 1. The van der Waals surface area contributed by atoms with E-state index in [0.29, 0.717) is 0 Å². The summed E-state index contributed by atoms with van der Waals surface area (Å²) in [4.78, 5) is 4.65. The molecule has 1 aromatic heterocycles. The van der Waals surface area contributed by atoms with Crippen LogP contribution in [-0.2, 0) is 12.8 Å². The highest BCUT2D eigenvalue weighted by atomic mass is 35.5. The van der Waals surface area contributed by atoms with Crippen LogP contribution in [0.1, 0.15) is 22.7 Å². The van der Waals surface area contributed by atoms with Gasteiger partial charge in [-0.2, -0.15) is 0 Å². The topological polar surface area (TPSA) is 24.9 Å². The van der Waals surface area contributed by atoms with Crippen molar-refractivity contribution in [2.75, 3.05) is 13.6 Å². The van der Waals surface area contributed by atoms with Gasteiger partial charge in [-0.3, -0.25) is 0 Å². The van der Waals surface area contributed by atoms with E-state index in [1.165, 1.54) is 11.3 Å². The van der Waals surface area contributed by atoms with Gasteiger partial charge in [-0.1, -0.05) is 23.7 Å². The first-order valence-corrected chi connectivity index (χ1v) is 7.36. The highest BCUT2D eigenvalue weighted by molar-refractivity contribution is 7.09. The Bertz CT molecular complexity index is 496. The van der Waals surface area contributed by atoms with Gasteiger partial charge in [-0.05, 0) is 44.1 Å². The number of rotatable bonds is 6. The first-order valence-electron chi connectivity index (χ1n) is 6.10. The summed E-state index contributed by atoms with van der Waals surface area (Å²) in [7, 11) is 1.98. The zero-order valence-corrected chi connectivity index (χ0v) is 12.0. The number of benzene rings is 1. The van der Waals surface area contributed by atoms with E-state index in [-0.39, 0.29) is 0 Å². The maximum atomic E-state index is 5.98. The average molecular weight is 281 g/mol. The summed E-state index contributed by atoms with van der Waals surface area (Å²) in [6.45, 7) is 1.04. The molecule has 0 aliphatic rings. The van der Waals surface area contributed by atoms with Crippen molar-refractivity contribution in [1.82, 2.24) is 10.3 Å². The lowest BCUT2D eigenvalue weighted by Gasteiger charge is -1.99. The summed E-state index contributed by atoms with van der Waals surface area (Å²) in [5, 5.41) is 7.27. The van der Waals surface area contributed by atoms with Crippen molar-refractivity contribution < 1.29 is 0 Å². The van der Waals surface area contributed by atoms with Crippen LogP contribution >= 0.6 is 22.9 Å². The second-order valence-electron chi connectivity index (χ2n) is 4.25. The molecular formula is C14H17ClN2S. The van der Waals surface area contributed by atoms with Gasteiger partial charge < -0.3 is 5.32 Å². The summed E-state index contributed by atoms with van der Waals surface area (Å²) in [5.74, 6) is 0. The highest BCUT2D eigenvalue weighted by Gasteiger charge is 2.03. The molecule has 0 unspecified atom stereocenters. The summed E-state index contributed by atoms with van der Waals surface area (Å²) < 4.78 is 0. The van der Waals surface area contributed by atoms with E-state index < -0.39 is 0 Å². The average Bonchev–Trinajstić information content (AvgIpc) is 2.77. The lowest BCUT2D eigenvalue weighted by molar-refractivity contribution is 0.716. The number of hydrogen-bond donors (Lipinski definition) is 1.